The van der Waals surface area contributed by atoms with Crippen LogP contribution in [0.4, 0.5) is 0 Å². The van der Waals surface area contributed by atoms with Crippen molar-refractivity contribution in [3.63, 3.8) is 0 Å². The van der Waals surface area contributed by atoms with E-state index in [4.69, 9.17) is 14.2 Å². The lowest BCUT2D eigenvalue weighted by atomic mass is 9.96. The Morgan fingerprint density at radius 1 is 1.00 bits per heavy atom. The fraction of sp³-hybridized carbons (Fsp3) is 0.242. The summed E-state index contributed by atoms with van der Waals surface area (Å²) in [6.07, 6.45) is 1.52. The molecular formula is C33H32N2O5S. The van der Waals surface area contributed by atoms with Crippen LogP contribution in [-0.2, 0) is 16.1 Å². The van der Waals surface area contributed by atoms with Gasteiger partial charge in [-0.2, -0.15) is 0 Å². The van der Waals surface area contributed by atoms with E-state index in [0.717, 1.165) is 16.7 Å². The largest absolute Gasteiger partial charge is 0.490 e. The molecule has 1 aliphatic rings. The third-order valence-corrected chi connectivity index (χ3v) is 7.49. The fourth-order valence-corrected chi connectivity index (χ4v) is 5.75. The van der Waals surface area contributed by atoms with E-state index in [1.54, 1.807) is 25.3 Å². The Labute approximate surface area is 242 Å². The number of fused-ring (bicyclic) bond motifs is 1. The van der Waals surface area contributed by atoms with Crippen molar-refractivity contribution in [1.29, 1.82) is 0 Å². The average molecular weight is 569 g/mol. The Morgan fingerprint density at radius 2 is 1.71 bits per heavy atom. The molecule has 5 rings (SSSR count). The van der Waals surface area contributed by atoms with Crippen LogP contribution >= 0.6 is 11.3 Å². The summed E-state index contributed by atoms with van der Waals surface area (Å²) in [6.45, 7) is 8.19. The molecule has 8 heteroatoms. The molecule has 0 fully saturated rings. The second-order valence-corrected chi connectivity index (χ2v) is 10.9. The smallest absolute Gasteiger partial charge is 0.338 e. The van der Waals surface area contributed by atoms with Crippen molar-refractivity contribution in [3.8, 4) is 11.5 Å². The minimum atomic E-state index is -0.645. The van der Waals surface area contributed by atoms with E-state index in [1.165, 1.54) is 11.3 Å². The maximum Gasteiger partial charge on any atom is 0.338 e. The zero-order valence-corrected chi connectivity index (χ0v) is 24.3. The van der Waals surface area contributed by atoms with E-state index in [2.05, 4.69) is 4.99 Å². The first-order valence-corrected chi connectivity index (χ1v) is 14.4. The average Bonchev–Trinajstić information content (AvgIpc) is 3.26. The molecular weight excluding hydrogens is 536 g/mol. The second-order valence-electron chi connectivity index (χ2n) is 9.86. The summed E-state index contributed by atoms with van der Waals surface area (Å²) in [5, 5.41) is 0. The Morgan fingerprint density at radius 3 is 2.39 bits per heavy atom. The normalized spacial score (nSPS) is 15.0. The number of benzene rings is 3. The lowest BCUT2D eigenvalue weighted by Crippen LogP contribution is -2.40. The second kappa shape index (κ2) is 12.4. The summed E-state index contributed by atoms with van der Waals surface area (Å²) in [5.41, 5.74) is 3.33. The van der Waals surface area contributed by atoms with Gasteiger partial charge in [0.05, 0.1) is 34.6 Å². The van der Waals surface area contributed by atoms with Gasteiger partial charge in [-0.3, -0.25) is 9.36 Å². The van der Waals surface area contributed by atoms with Crippen LogP contribution in [-0.4, -0.2) is 23.2 Å². The zero-order chi connectivity index (χ0) is 28.9. The Bertz CT molecular complexity index is 1750. The van der Waals surface area contributed by atoms with Gasteiger partial charge in [-0.15, -0.1) is 0 Å². The van der Waals surface area contributed by atoms with Gasteiger partial charge in [0.25, 0.3) is 5.56 Å². The van der Waals surface area contributed by atoms with Crippen LogP contribution in [0.15, 0.2) is 99.9 Å². The van der Waals surface area contributed by atoms with Gasteiger partial charge in [-0.05, 0) is 62.6 Å². The van der Waals surface area contributed by atoms with Crippen LogP contribution in [0, 0.1) is 0 Å². The first-order chi connectivity index (χ1) is 19.9. The number of allylic oxidation sites excluding steroid dienone is 1. The Kier molecular flexibility index (Phi) is 8.50. The molecule has 1 aromatic heterocycles. The first-order valence-electron chi connectivity index (χ1n) is 13.6. The summed E-state index contributed by atoms with van der Waals surface area (Å²) in [4.78, 5) is 32.3. The van der Waals surface area contributed by atoms with Crippen LogP contribution in [0.3, 0.4) is 0 Å². The zero-order valence-electron chi connectivity index (χ0n) is 23.5. The summed E-state index contributed by atoms with van der Waals surface area (Å²) in [5.74, 6) is 0.751. The molecule has 41 heavy (non-hydrogen) atoms. The van der Waals surface area contributed by atoms with E-state index in [1.807, 2.05) is 91.9 Å². The van der Waals surface area contributed by atoms with Crippen molar-refractivity contribution >= 4 is 23.4 Å². The van der Waals surface area contributed by atoms with Gasteiger partial charge in [0.2, 0.25) is 0 Å². The van der Waals surface area contributed by atoms with Crippen LogP contribution < -0.4 is 24.4 Å². The molecule has 1 aliphatic heterocycles. The lowest BCUT2D eigenvalue weighted by Gasteiger charge is -2.25. The van der Waals surface area contributed by atoms with E-state index in [9.17, 15) is 9.59 Å². The number of esters is 1. The number of carbonyl (C=O) groups is 1. The molecule has 210 valence electrons. The quantitative estimate of drug-likeness (QED) is 0.261. The molecule has 4 aromatic rings. The van der Waals surface area contributed by atoms with Crippen molar-refractivity contribution < 1.29 is 19.0 Å². The van der Waals surface area contributed by atoms with Crippen molar-refractivity contribution in [1.82, 2.24) is 4.57 Å². The van der Waals surface area contributed by atoms with E-state index >= 15 is 0 Å². The summed E-state index contributed by atoms with van der Waals surface area (Å²) >= 11 is 1.29. The number of rotatable bonds is 9. The van der Waals surface area contributed by atoms with Gasteiger partial charge >= 0.3 is 5.97 Å². The van der Waals surface area contributed by atoms with Gasteiger partial charge in [-0.25, -0.2) is 9.79 Å². The van der Waals surface area contributed by atoms with Crippen LogP contribution in [0.2, 0.25) is 0 Å². The number of carbonyl (C=O) groups excluding carboxylic acids is 1. The summed E-state index contributed by atoms with van der Waals surface area (Å²) in [7, 11) is 0. The molecule has 3 aromatic carbocycles. The highest BCUT2D eigenvalue weighted by Gasteiger charge is 2.33. The third kappa shape index (κ3) is 6.18. The molecule has 0 saturated heterocycles. The highest BCUT2D eigenvalue weighted by molar-refractivity contribution is 7.07. The van der Waals surface area contributed by atoms with Crippen molar-refractivity contribution in [3.05, 3.63) is 127 Å². The maximum atomic E-state index is 13.9. The number of ether oxygens (including phenoxy) is 3. The molecule has 0 bridgehead atoms. The molecule has 0 spiro atoms. The van der Waals surface area contributed by atoms with E-state index in [0.29, 0.717) is 45.3 Å². The number of hydrogen-bond donors (Lipinski definition) is 0. The minimum absolute atomic E-state index is 0.229. The highest BCUT2D eigenvalue weighted by Crippen LogP contribution is 2.31. The Hall–Kier alpha value is -4.43. The Balaban J connectivity index is 1.55. The topological polar surface area (TPSA) is 79.1 Å². The number of thiazole rings is 1. The molecule has 1 atom stereocenters. The van der Waals surface area contributed by atoms with Crippen LogP contribution in [0.1, 0.15) is 50.4 Å². The molecule has 0 N–H and O–H groups in total. The van der Waals surface area contributed by atoms with Gasteiger partial charge in [0.15, 0.2) is 16.3 Å². The van der Waals surface area contributed by atoms with E-state index < -0.39 is 12.0 Å². The van der Waals surface area contributed by atoms with Crippen LogP contribution in [0.25, 0.3) is 6.08 Å². The van der Waals surface area contributed by atoms with Crippen molar-refractivity contribution in [2.45, 2.75) is 46.4 Å². The molecule has 0 radical (unpaired) electrons. The van der Waals surface area contributed by atoms with Crippen molar-refractivity contribution in [2.24, 2.45) is 4.99 Å². The standard InChI is InChI=1S/C33H32N2O5S/c1-5-38-27-18-24(16-17-26(27)39-20-23-12-8-6-9-13-23)19-28-31(36)35-30(25-14-10-7-11-15-25)29(32(37)40-21(2)3)22(4)34-33(35)41-28/h6-19,21,30H,5,20H2,1-4H3. The minimum Gasteiger partial charge on any atom is -0.490 e. The monoisotopic (exact) mass is 568 g/mol. The fourth-order valence-electron chi connectivity index (χ4n) is 4.70. The lowest BCUT2D eigenvalue weighted by molar-refractivity contribution is -0.143. The van der Waals surface area contributed by atoms with E-state index in [-0.39, 0.29) is 11.7 Å². The third-order valence-electron chi connectivity index (χ3n) is 6.50. The predicted molar refractivity (Wildman–Crippen MR) is 160 cm³/mol. The predicted octanol–water partition coefficient (Wildman–Crippen LogP) is 5.16. The molecule has 7 nitrogen and oxygen atoms in total. The highest BCUT2D eigenvalue weighted by atomic mass is 32.1. The maximum absolute atomic E-state index is 13.9. The molecule has 0 amide bonds. The number of hydrogen-bond acceptors (Lipinski definition) is 7. The number of aromatic nitrogens is 1. The van der Waals surface area contributed by atoms with Gasteiger partial charge in [0.1, 0.15) is 6.61 Å². The summed E-state index contributed by atoms with van der Waals surface area (Å²) < 4.78 is 19.6. The molecule has 0 aliphatic carbocycles. The SMILES string of the molecule is CCOc1cc(C=c2sc3n(c2=O)C(c2ccccc2)C(C(=O)OC(C)C)=C(C)N=3)ccc1OCc1ccccc1. The summed E-state index contributed by atoms with van der Waals surface area (Å²) in [6, 6.07) is 24.4. The van der Waals surface area contributed by atoms with Gasteiger partial charge < -0.3 is 14.2 Å². The molecule has 2 heterocycles. The van der Waals surface area contributed by atoms with Crippen molar-refractivity contribution in [2.75, 3.05) is 6.61 Å². The van der Waals surface area contributed by atoms with Gasteiger partial charge in [-0.1, -0.05) is 78.1 Å². The molecule has 0 saturated carbocycles. The van der Waals surface area contributed by atoms with Crippen LogP contribution in [0.5, 0.6) is 11.5 Å². The number of nitrogens with zero attached hydrogens (tertiary/aromatic N) is 2. The first kappa shape index (κ1) is 28.1. The molecule has 1 unspecified atom stereocenters. The van der Waals surface area contributed by atoms with Gasteiger partial charge in [0, 0.05) is 0 Å².